The Bertz CT molecular complexity index is 1610. The van der Waals surface area contributed by atoms with Gasteiger partial charge in [-0.15, -0.1) is 0 Å². The summed E-state index contributed by atoms with van der Waals surface area (Å²) in [5, 5.41) is 8.64. The predicted octanol–water partition coefficient (Wildman–Crippen LogP) is 20.9. The van der Waals surface area contributed by atoms with Crippen molar-refractivity contribution in [3.63, 3.8) is 0 Å². The molecule has 3 N–H and O–H groups in total. The smallest absolute Gasteiger partial charge is 0.220 e. The molecule has 3 amide bonds. The zero-order chi connectivity index (χ0) is 67.0. The number of nitrogens with one attached hydrogen (secondary N) is 3. The van der Waals surface area contributed by atoms with Gasteiger partial charge in [-0.3, -0.25) is 28.8 Å². The van der Waals surface area contributed by atoms with E-state index in [2.05, 4.69) is 224 Å². The van der Waals surface area contributed by atoms with E-state index in [4.69, 9.17) is 4.74 Å². The number of ketones is 3. The first kappa shape index (κ1) is 97.6. The van der Waals surface area contributed by atoms with Crippen LogP contribution in [-0.4, -0.2) is 67.9 Å². The Kier molecular flexibility index (Phi) is 49.2. The third-order valence-corrected chi connectivity index (χ3v) is 10.8. The second-order valence-corrected chi connectivity index (χ2v) is 38.2. The summed E-state index contributed by atoms with van der Waals surface area (Å²) in [5.41, 5.74) is 2.67. The van der Waals surface area contributed by atoms with E-state index in [-0.39, 0.29) is 87.5 Å². The molecular weight excluding hydrogens is 1040 g/mol. The van der Waals surface area contributed by atoms with E-state index in [1.54, 1.807) is 0 Å². The fourth-order valence-electron chi connectivity index (χ4n) is 7.32. The number of hydrogen-bond donors (Lipinski definition) is 3. The Morgan fingerprint density at radius 2 is 0.476 bits per heavy atom. The Labute approximate surface area is 527 Å². The Morgan fingerprint density at radius 3 is 0.667 bits per heavy atom. The summed E-state index contributed by atoms with van der Waals surface area (Å²) in [6, 6.07) is 0. The SMILES string of the molecule is C.C.CC(C)(C)CC(C)(C)C.CC(C)(C)CCC(=O)CC(C)(C)C.CC(C)(C)CCOCCC(C)(C)C.CC(C)(C)CNC(=O)CC(C)(C)C.CC(C)(C)CNC(=O)CCC(=O)CC(C)(C)C.CC(C)(C)CNC(=O)CCC(=O)CC(C)(C)C. The molecule has 0 saturated carbocycles. The van der Waals surface area contributed by atoms with Gasteiger partial charge in [-0.1, -0.05) is 264 Å². The van der Waals surface area contributed by atoms with E-state index in [0.717, 1.165) is 45.4 Å². The molecule has 508 valence electrons. The van der Waals surface area contributed by atoms with Gasteiger partial charge >= 0.3 is 0 Å². The lowest BCUT2D eigenvalue weighted by atomic mass is 9.78. The normalized spacial score (nSPS) is 12.6. The lowest BCUT2D eigenvalue weighted by Crippen LogP contribution is -2.34. The fraction of sp³-hybridized carbons (Fsp3) is 0.919. The summed E-state index contributed by atoms with van der Waals surface area (Å²) in [6.45, 7) is 81.1. The molecule has 0 aliphatic carbocycles. The summed E-state index contributed by atoms with van der Waals surface area (Å²) < 4.78 is 5.59. The van der Waals surface area contributed by atoms with Crippen molar-refractivity contribution in [1.29, 1.82) is 0 Å². The zero-order valence-electron chi connectivity index (χ0n) is 62.1. The largest absolute Gasteiger partial charge is 0.381 e. The molecule has 0 unspecified atom stereocenters. The van der Waals surface area contributed by atoms with E-state index in [1.165, 1.54) is 6.42 Å². The van der Waals surface area contributed by atoms with Crippen molar-refractivity contribution in [3.8, 4) is 0 Å². The first-order valence-electron chi connectivity index (χ1n) is 31.5. The van der Waals surface area contributed by atoms with Gasteiger partial charge in [0.1, 0.15) is 17.3 Å². The lowest BCUT2D eigenvalue weighted by molar-refractivity contribution is -0.126. The van der Waals surface area contributed by atoms with Crippen molar-refractivity contribution in [1.82, 2.24) is 16.0 Å². The van der Waals surface area contributed by atoms with Gasteiger partial charge in [0.2, 0.25) is 17.7 Å². The molecule has 0 heterocycles. The van der Waals surface area contributed by atoms with Crippen LogP contribution in [0, 0.1) is 65.0 Å². The van der Waals surface area contributed by atoms with Crippen LogP contribution in [0.15, 0.2) is 0 Å². The van der Waals surface area contributed by atoms with Crippen molar-refractivity contribution >= 4 is 35.1 Å². The van der Waals surface area contributed by atoms with Crippen molar-refractivity contribution in [2.75, 3.05) is 32.8 Å². The third kappa shape index (κ3) is 107. The van der Waals surface area contributed by atoms with Crippen LogP contribution in [0.1, 0.15) is 348 Å². The first-order valence-corrected chi connectivity index (χ1v) is 31.5. The molecule has 0 atom stereocenters. The molecule has 10 heteroatoms. The molecule has 0 aromatic carbocycles. The van der Waals surface area contributed by atoms with Crippen LogP contribution in [0.3, 0.4) is 0 Å². The molecule has 0 aromatic rings. The number of amides is 3. The van der Waals surface area contributed by atoms with Gasteiger partial charge in [0.05, 0.1) is 0 Å². The molecule has 0 fully saturated rings. The van der Waals surface area contributed by atoms with Crippen LogP contribution < -0.4 is 16.0 Å². The highest BCUT2D eigenvalue weighted by Crippen LogP contribution is 2.32. The van der Waals surface area contributed by atoms with Crippen molar-refractivity contribution in [2.45, 2.75) is 348 Å². The van der Waals surface area contributed by atoms with E-state index in [9.17, 15) is 28.8 Å². The molecular formula is C74H155N3O7. The van der Waals surface area contributed by atoms with Crippen LogP contribution in [0.4, 0.5) is 0 Å². The highest BCUT2D eigenvalue weighted by Gasteiger charge is 2.23. The standard InChI is InChI=1S/2C14H27NO2.C12H26O.C12H24O.C11H23NO.C9H20.2CH4/c2*1-13(2,3)9-11(16)7-8-12(17)15-10-14(4,5)6;1-11(2,3)7-9-13-10-8-12(4,5)6;1-11(2,3)8-7-10(13)9-12(4,5)6;1-10(2,3)7-9(13)12-8-11(4,5)6;1-8(2,3)7-9(4,5)6;;/h2*7-10H2,1-6H3,(H,15,17);7-10H2,1-6H3;7-9H2,1-6H3;7-8H2,1-6H3,(H,12,13);7H2,1-6H3;2*1H4. The highest BCUT2D eigenvalue weighted by molar-refractivity contribution is 5.86. The molecule has 0 spiro atoms. The quantitative estimate of drug-likeness (QED) is 0.109. The van der Waals surface area contributed by atoms with Crippen LogP contribution >= 0.6 is 0 Å². The average molecular weight is 1200 g/mol. The summed E-state index contributed by atoms with van der Waals surface area (Å²) in [5.74, 6) is 0.848. The van der Waals surface area contributed by atoms with Crippen LogP contribution in [0.2, 0.25) is 0 Å². The van der Waals surface area contributed by atoms with Gasteiger partial charge in [-0.05, 0) is 90.7 Å². The number of carbonyl (C=O) groups excluding carboxylic acids is 6. The molecule has 0 aromatic heterocycles. The lowest BCUT2D eigenvalue weighted by Gasteiger charge is -2.28. The number of carbonyl (C=O) groups is 6. The molecule has 0 aliphatic heterocycles. The second-order valence-electron chi connectivity index (χ2n) is 38.2. The Morgan fingerprint density at radius 1 is 0.250 bits per heavy atom. The molecule has 0 radical (unpaired) electrons. The highest BCUT2D eigenvalue weighted by atomic mass is 16.5. The fourth-order valence-corrected chi connectivity index (χ4v) is 7.32. The van der Waals surface area contributed by atoms with E-state index in [1.807, 2.05) is 41.5 Å². The van der Waals surface area contributed by atoms with Gasteiger partial charge in [-0.25, -0.2) is 0 Å². The Balaban J connectivity index is -0.000000138. The van der Waals surface area contributed by atoms with Crippen LogP contribution in [0.5, 0.6) is 0 Å². The minimum atomic E-state index is -0.0258. The minimum Gasteiger partial charge on any atom is -0.381 e. The summed E-state index contributed by atoms with van der Waals surface area (Å²) in [4.78, 5) is 69.1. The minimum absolute atomic E-state index is 0. The van der Waals surface area contributed by atoms with Crippen molar-refractivity contribution in [2.24, 2.45) is 65.0 Å². The van der Waals surface area contributed by atoms with Crippen LogP contribution in [-0.2, 0) is 33.5 Å². The van der Waals surface area contributed by atoms with E-state index >= 15 is 0 Å². The second kappa shape index (κ2) is 42.3. The molecule has 0 aliphatic rings. The van der Waals surface area contributed by atoms with Crippen molar-refractivity contribution in [3.05, 3.63) is 0 Å². The monoisotopic (exact) mass is 1200 g/mol. The Hall–Kier alpha value is -2.62. The summed E-state index contributed by atoms with van der Waals surface area (Å²) >= 11 is 0. The average Bonchev–Trinajstić information content (AvgIpc) is 3.14. The topological polar surface area (TPSA) is 148 Å². The number of hydrogen-bond acceptors (Lipinski definition) is 7. The van der Waals surface area contributed by atoms with E-state index < -0.39 is 0 Å². The van der Waals surface area contributed by atoms with E-state index in [0.29, 0.717) is 91.9 Å². The van der Waals surface area contributed by atoms with Crippen molar-refractivity contribution < 1.29 is 33.5 Å². The van der Waals surface area contributed by atoms with Gasteiger partial charge < -0.3 is 20.7 Å². The maximum atomic E-state index is 11.6. The number of Topliss-reactive ketones (excluding diaryl/α,β-unsaturated/α-hetero) is 3. The van der Waals surface area contributed by atoms with Gasteiger partial charge in [0.15, 0.2) is 0 Å². The van der Waals surface area contributed by atoms with Gasteiger partial charge in [0, 0.05) is 90.6 Å². The third-order valence-electron chi connectivity index (χ3n) is 10.8. The first-order chi connectivity index (χ1) is 35.6. The summed E-state index contributed by atoms with van der Waals surface area (Å²) in [6.07, 6.45) is 9.05. The predicted molar refractivity (Wildman–Crippen MR) is 372 cm³/mol. The van der Waals surface area contributed by atoms with Crippen LogP contribution in [0.25, 0.3) is 0 Å². The summed E-state index contributed by atoms with van der Waals surface area (Å²) in [7, 11) is 0. The number of rotatable bonds is 19. The zero-order valence-corrected chi connectivity index (χ0v) is 62.1. The van der Waals surface area contributed by atoms with Gasteiger partial charge in [0.25, 0.3) is 0 Å². The maximum absolute atomic E-state index is 11.6. The molecule has 0 bridgehead atoms. The van der Waals surface area contributed by atoms with Gasteiger partial charge in [-0.2, -0.15) is 0 Å². The maximum Gasteiger partial charge on any atom is 0.220 e. The molecule has 0 saturated heterocycles. The molecule has 0 rings (SSSR count). The number of ether oxygens (including phenoxy) is 1. The molecule has 84 heavy (non-hydrogen) atoms. The molecule has 10 nitrogen and oxygen atoms in total.